The number of anilines is 2. The van der Waals surface area contributed by atoms with Crippen molar-refractivity contribution in [2.75, 3.05) is 42.9 Å². The van der Waals surface area contributed by atoms with Crippen molar-refractivity contribution < 1.29 is 9.59 Å². The summed E-state index contributed by atoms with van der Waals surface area (Å²) in [4.78, 5) is 28.4. The van der Waals surface area contributed by atoms with Crippen molar-refractivity contribution >= 4 is 34.9 Å². The van der Waals surface area contributed by atoms with Crippen LogP contribution in [0.4, 0.5) is 16.2 Å². The molecule has 0 aliphatic carbocycles. The number of nitrogens with one attached hydrogen (secondary N) is 2. The van der Waals surface area contributed by atoms with Gasteiger partial charge in [0.15, 0.2) is 0 Å². The summed E-state index contributed by atoms with van der Waals surface area (Å²) in [5.41, 5.74) is 3.02. The van der Waals surface area contributed by atoms with E-state index in [0.717, 1.165) is 29.5 Å². The Kier molecular flexibility index (Phi) is 6.76. The van der Waals surface area contributed by atoms with Gasteiger partial charge in [0, 0.05) is 55.5 Å². The van der Waals surface area contributed by atoms with Crippen LogP contribution in [0.3, 0.4) is 0 Å². The molecule has 0 saturated carbocycles. The first-order valence-electron chi connectivity index (χ1n) is 9.42. The first kappa shape index (κ1) is 20.0. The molecule has 6 nitrogen and oxygen atoms in total. The number of benzene rings is 2. The van der Waals surface area contributed by atoms with Crippen molar-refractivity contribution in [3.05, 3.63) is 59.1 Å². The molecule has 0 spiro atoms. The number of amides is 3. The van der Waals surface area contributed by atoms with Crippen LogP contribution in [0.1, 0.15) is 12.0 Å². The van der Waals surface area contributed by atoms with Gasteiger partial charge in [-0.25, -0.2) is 4.79 Å². The molecule has 1 aliphatic heterocycles. The SMILES string of the molecule is Cc1ccc(Cl)cc1N1CCN(C(=O)CCNC(=O)Nc2ccccc2)CC1. The minimum absolute atomic E-state index is 0.0578. The first-order valence-corrected chi connectivity index (χ1v) is 9.79. The van der Waals surface area contributed by atoms with E-state index in [1.165, 1.54) is 5.56 Å². The summed E-state index contributed by atoms with van der Waals surface area (Å²) in [7, 11) is 0. The van der Waals surface area contributed by atoms with Crippen LogP contribution in [0.25, 0.3) is 0 Å². The maximum atomic E-state index is 12.4. The zero-order valence-corrected chi connectivity index (χ0v) is 16.7. The second-order valence-electron chi connectivity index (χ2n) is 6.80. The first-order chi connectivity index (χ1) is 13.5. The minimum atomic E-state index is -0.305. The van der Waals surface area contributed by atoms with Gasteiger partial charge in [-0.2, -0.15) is 0 Å². The third kappa shape index (κ3) is 5.39. The van der Waals surface area contributed by atoms with Gasteiger partial charge < -0.3 is 20.4 Å². The zero-order valence-electron chi connectivity index (χ0n) is 16.0. The molecule has 1 saturated heterocycles. The Labute approximate surface area is 170 Å². The van der Waals surface area contributed by atoms with E-state index in [0.29, 0.717) is 26.1 Å². The Morgan fingerprint density at radius 1 is 1.04 bits per heavy atom. The average Bonchev–Trinajstić information content (AvgIpc) is 2.70. The van der Waals surface area contributed by atoms with Gasteiger partial charge >= 0.3 is 6.03 Å². The average molecular weight is 401 g/mol. The van der Waals surface area contributed by atoms with Crippen LogP contribution in [0.5, 0.6) is 0 Å². The Hall–Kier alpha value is -2.73. The van der Waals surface area contributed by atoms with Gasteiger partial charge in [-0.15, -0.1) is 0 Å². The predicted octanol–water partition coefficient (Wildman–Crippen LogP) is 3.51. The van der Waals surface area contributed by atoms with Gasteiger partial charge in [-0.1, -0.05) is 35.9 Å². The lowest BCUT2D eigenvalue weighted by atomic mass is 10.1. The topological polar surface area (TPSA) is 64.7 Å². The zero-order chi connectivity index (χ0) is 19.9. The number of halogens is 1. The number of carbonyl (C=O) groups excluding carboxylic acids is 2. The van der Waals surface area contributed by atoms with Crippen LogP contribution in [0.2, 0.25) is 5.02 Å². The lowest BCUT2D eigenvalue weighted by molar-refractivity contribution is -0.131. The van der Waals surface area contributed by atoms with E-state index >= 15 is 0 Å². The van der Waals surface area contributed by atoms with E-state index in [1.54, 1.807) is 0 Å². The Morgan fingerprint density at radius 2 is 1.75 bits per heavy atom. The highest BCUT2D eigenvalue weighted by atomic mass is 35.5. The Bertz CT molecular complexity index is 820. The molecule has 28 heavy (non-hydrogen) atoms. The smallest absolute Gasteiger partial charge is 0.319 e. The van der Waals surface area contributed by atoms with Gasteiger partial charge in [0.25, 0.3) is 0 Å². The van der Waals surface area contributed by atoms with Crippen LogP contribution in [0.15, 0.2) is 48.5 Å². The highest BCUT2D eigenvalue weighted by Crippen LogP contribution is 2.25. The third-order valence-electron chi connectivity index (χ3n) is 4.80. The fourth-order valence-corrected chi connectivity index (χ4v) is 3.42. The second kappa shape index (κ2) is 9.46. The van der Waals surface area contributed by atoms with E-state index in [4.69, 9.17) is 11.6 Å². The van der Waals surface area contributed by atoms with Crippen molar-refractivity contribution in [2.24, 2.45) is 0 Å². The summed E-state index contributed by atoms with van der Waals surface area (Å²) in [5.74, 6) is 0.0578. The molecular formula is C21H25ClN4O2. The lowest BCUT2D eigenvalue weighted by Gasteiger charge is -2.37. The van der Waals surface area contributed by atoms with Crippen LogP contribution >= 0.6 is 11.6 Å². The molecule has 2 N–H and O–H groups in total. The molecule has 3 amide bonds. The molecular weight excluding hydrogens is 376 g/mol. The number of hydrogen-bond acceptors (Lipinski definition) is 3. The largest absolute Gasteiger partial charge is 0.368 e. The van der Waals surface area contributed by atoms with E-state index in [9.17, 15) is 9.59 Å². The summed E-state index contributed by atoms with van der Waals surface area (Å²) in [6.45, 7) is 5.26. The number of nitrogens with zero attached hydrogens (tertiary/aromatic N) is 2. The van der Waals surface area contributed by atoms with Crippen LogP contribution in [-0.2, 0) is 4.79 Å². The van der Waals surface area contributed by atoms with E-state index in [1.807, 2.05) is 53.4 Å². The minimum Gasteiger partial charge on any atom is -0.368 e. The molecule has 3 rings (SSSR count). The summed E-state index contributed by atoms with van der Waals surface area (Å²) in [6, 6.07) is 14.8. The predicted molar refractivity (Wildman–Crippen MR) is 113 cm³/mol. The standard InChI is InChI=1S/C21H25ClN4O2/c1-16-7-8-17(22)15-19(16)25-11-13-26(14-12-25)20(27)9-10-23-21(28)24-18-5-3-2-4-6-18/h2-8,15H,9-14H2,1H3,(H2,23,24,28). The lowest BCUT2D eigenvalue weighted by Crippen LogP contribution is -2.49. The maximum absolute atomic E-state index is 12.4. The molecule has 7 heteroatoms. The molecule has 1 heterocycles. The number of para-hydroxylation sites is 1. The maximum Gasteiger partial charge on any atom is 0.319 e. The van der Waals surface area contributed by atoms with Crippen molar-refractivity contribution in [2.45, 2.75) is 13.3 Å². The number of piperazine rings is 1. The number of carbonyl (C=O) groups is 2. The molecule has 2 aromatic carbocycles. The molecule has 0 radical (unpaired) electrons. The number of hydrogen-bond donors (Lipinski definition) is 2. The van der Waals surface area contributed by atoms with Gasteiger partial charge in [0.2, 0.25) is 5.91 Å². The van der Waals surface area contributed by atoms with Crippen molar-refractivity contribution in [3.63, 3.8) is 0 Å². The van der Waals surface area contributed by atoms with E-state index < -0.39 is 0 Å². The normalized spacial score (nSPS) is 13.9. The van der Waals surface area contributed by atoms with Gasteiger partial charge in [-0.05, 0) is 36.8 Å². The van der Waals surface area contributed by atoms with E-state index in [-0.39, 0.29) is 11.9 Å². The number of rotatable bonds is 5. The summed E-state index contributed by atoms with van der Waals surface area (Å²) >= 11 is 6.12. The fraction of sp³-hybridized carbons (Fsp3) is 0.333. The quantitative estimate of drug-likeness (QED) is 0.807. The monoisotopic (exact) mass is 400 g/mol. The van der Waals surface area contributed by atoms with Crippen LogP contribution < -0.4 is 15.5 Å². The molecule has 1 aliphatic rings. The second-order valence-corrected chi connectivity index (χ2v) is 7.23. The highest BCUT2D eigenvalue weighted by Gasteiger charge is 2.22. The summed E-state index contributed by atoms with van der Waals surface area (Å²) in [6.07, 6.45) is 0.290. The van der Waals surface area contributed by atoms with Crippen molar-refractivity contribution in [1.29, 1.82) is 0 Å². The van der Waals surface area contributed by atoms with Crippen molar-refractivity contribution in [1.82, 2.24) is 10.2 Å². The van der Waals surface area contributed by atoms with Crippen LogP contribution in [-0.4, -0.2) is 49.6 Å². The highest BCUT2D eigenvalue weighted by molar-refractivity contribution is 6.30. The fourth-order valence-electron chi connectivity index (χ4n) is 3.26. The van der Waals surface area contributed by atoms with Gasteiger partial charge in [0.05, 0.1) is 0 Å². The Morgan fingerprint density at radius 3 is 2.46 bits per heavy atom. The molecule has 0 atom stereocenters. The molecule has 0 unspecified atom stereocenters. The molecule has 2 aromatic rings. The molecule has 148 valence electrons. The van der Waals surface area contributed by atoms with Gasteiger partial charge in [-0.3, -0.25) is 4.79 Å². The molecule has 0 bridgehead atoms. The third-order valence-corrected chi connectivity index (χ3v) is 5.04. The Balaban J connectivity index is 1.40. The van der Waals surface area contributed by atoms with Gasteiger partial charge in [0.1, 0.15) is 0 Å². The van der Waals surface area contributed by atoms with Crippen molar-refractivity contribution in [3.8, 4) is 0 Å². The molecule has 0 aromatic heterocycles. The summed E-state index contributed by atoms with van der Waals surface area (Å²) < 4.78 is 0. The number of urea groups is 1. The number of aryl methyl sites for hydroxylation is 1. The molecule has 1 fully saturated rings. The van der Waals surface area contributed by atoms with Crippen LogP contribution in [0, 0.1) is 6.92 Å². The van der Waals surface area contributed by atoms with E-state index in [2.05, 4.69) is 22.5 Å². The summed E-state index contributed by atoms with van der Waals surface area (Å²) in [5, 5.41) is 6.18.